The van der Waals surface area contributed by atoms with Gasteiger partial charge in [-0.15, -0.1) is 0 Å². The minimum Gasteiger partial charge on any atom is -0.462 e. The summed E-state index contributed by atoms with van der Waals surface area (Å²) in [7, 11) is 0. The van der Waals surface area contributed by atoms with Crippen LogP contribution >= 0.6 is 0 Å². The summed E-state index contributed by atoms with van der Waals surface area (Å²) in [6.45, 7) is 6.67. The Morgan fingerprint density at radius 2 is 1.68 bits per heavy atom. The van der Waals surface area contributed by atoms with E-state index >= 15 is 0 Å². The minimum absolute atomic E-state index is 0.293. The van der Waals surface area contributed by atoms with Crippen molar-refractivity contribution in [1.82, 2.24) is 4.57 Å². The molecule has 6 heteroatoms. The van der Waals surface area contributed by atoms with E-state index in [1.54, 1.807) is 12.1 Å². The average molecular weight is 499 g/mol. The molecule has 37 heavy (non-hydrogen) atoms. The molecule has 1 aliphatic rings. The molecule has 0 saturated heterocycles. The number of oxime groups is 1. The van der Waals surface area contributed by atoms with Crippen LogP contribution in [0.4, 0.5) is 0 Å². The largest absolute Gasteiger partial charge is 0.462 e. The lowest BCUT2D eigenvalue weighted by Gasteiger charge is -2.11. The van der Waals surface area contributed by atoms with Gasteiger partial charge in [0.1, 0.15) is 5.71 Å². The maximum atomic E-state index is 12.4. The van der Waals surface area contributed by atoms with Crippen LogP contribution in [0.1, 0.15) is 78.3 Å². The molecule has 0 atom stereocenters. The molecule has 4 rings (SSSR count). The van der Waals surface area contributed by atoms with E-state index in [-0.39, 0.29) is 5.97 Å². The highest BCUT2D eigenvalue weighted by atomic mass is 16.7. The fraction of sp³-hybridized carbons (Fsp3) is 0.323. The molecule has 0 fully saturated rings. The zero-order valence-electron chi connectivity index (χ0n) is 21.8. The molecule has 0 spiro atoms. The summed E-state index contributed by atoms with van der Waals surface area (Å²) in [6, 6.07) is 19.0. The smallest absolute Gasteiger partial charge is 0.368 e. The first-order valence-electron chi connectivity index (χ1n) is 13.0. The van der Waals surface area contributed by atoms with Gasteiger partial charge in [-0.1, -0.05) is 74.5 Å². The molecule has 1 aromatic heterocycles. The van der Waals surface area contributed by atoms with E-state index < -0.39 is 5.97 Å². The number of carbonyl (C=O) groups excluding carboxylic acids is 2. The maximum absolute atomic E-state index is 12.4. The number of aryl methyl sites for hydroxylation is 1. The summed E-state index contributed by atoms with van der Waals surface area (Å²) in [6.07, 6.45) is 8.75. The van der Waals surface area contributed by atoms with Gasteiger partial charge in [0.05, 0.1) is 17.7 Å². The summed E-state index contributed by atoms with van der Waals surface area (Å²) < 4.78 is 7.55. The molecule has 0 unspecified atom stereocenters. The van der Waals surface area contributed by atoms with Crippen molar-refractivity contribution in [2.45, 2.75) is 59.3 Å². The van der Waals surface area contributed by atoms with Crippen LogP contribution in [0, 0.1) is 13.8 Å². The number of hydrogen-bond acceptors (Lipinski definition) is 5. The first kappa shape index (κ1) is 26.1. The van der Waals surface area contributed by atoms with E-state index in [2.05, 4.69) is 16.6 Å². The van der Waals surface area contributed by atoms with Gasteiger partial charge in [0.15, 0.2) is 0 Å². The van der Waals surface area contributed by atoms with E-state index in [1.807, 2.05) is 68.5 Å². The molecule has 0 amide bonds. The standard InChI is InChI=1S/C31H34N2O4/c1-4-5-6-7-8-12-19-36-30(34)25-15-17-27(18-16-25)33-22(2)20-26(23(33)3)21-28-29(32-37-31(28)35)24-13-10-9-11-14-24/h9-11,13-18,20-21H,4-8,12,19H2,1-3H3. The number of aromatic nitrogens is 1. The highest BCUT2D eigenvalue weighted by molar-refractivity contribution is 6.31. The predicted octanol–water partition coefficient (Wildman–Crippen LogP) is 6.96. The first-order chi connectivity index (χ1) is 18.0. The molecule has 1 aliphatic heterocycles. The summed E-state index contributed by atoms with van der Waals surface area (Å²) in [4.78, 5) is 29.9. The number of unbranched alkanes of at least 4 members (excludes halogenated alkanes) is 5. The molecule has 0 radical (unpaired) electrons. The normalized spacial score (nSPS) is 14.1. The Bertz CT molecular complexity index is 1300. The van der Waals surface area contributed by atoms with E-state index in [1.165, 1.54) is 25.7 Å². The third-order valence-electron chi connectivity index (χ3n) is 6.60. The van der Waals surface area contributed by atoms with Crippen LogP contribution in [0.2, 0.25) is 0 Å². The SMILES string of the molecule is CCCCCCCCOC(=O)c1ccc(-n2c(C)cc(C=C3C(=O)ON=C3c3ccccc3)c2C)cc1. The molecular formula is C31H34N2O4. The monoisotopic (exact) mass is 498 g/mol. The van der Waals surface area contributed by atoms with Gasteiger partial charge < -0.3 is 14.1 Å². The Labute approximate surface area is 218 Å². The maximum Gasteiger partial charge on any atom is 0.368 e. The zero-order chi connectivity index (χ0) is 26.2. The van der Waals surface area contributed by atoms with Crippen LogP contribution in [-0.4, -0.2) is 28.8 Å². The summed E-state index contributed by atoms with van der Waals surface area (Å²) in [5.74, 6) is -0.758. The molecule has 0 saturated carbocycles. The molecule has 2 aromatic carbocycles. The minimum atomic E-state index is -0.465. The molecule has 0 N–H and O–H groups in total. The van der Waals surface area contributed by atoms with Gasteiger partial charge in [-0.3, -0.25) is 0 Å². The van der Waals surface area contributed by atoms with Crippen LogP contribution in [0.15, 0.2) is 71.4 Å². The Morgan fingerprint density at radius 1 is 0.973 bits per heavy atom. The topological polar surface area (TPSA) is 69.9 Å². The van der Waals surface area contributed by atoms with Crippen molar-refractivity contribution in [3.63, 3.8) is 0 Å². The molecule has 2 heterocycles. The number of carbonyl (C=O) groups is 2. The van der Waals surface area contributed by atoms with Gasteiger partial charge >= 0.3 is 11.9 Å². The van der Waals surface area contributed by atoms with Crippen molar-refractivity contribution in [3.8, 4) is 5.69 Å². The number of benzene rings is 2. The number of nitrogens with zero attached hydrogens (tertiary/aromatic N) is 2. The second-order valence-electron chi connectivity index (χ2n) is 9.36. The fourth-order valence-corrected chi connectivity index (χ4v) is 4.58. The second-order valence-corrected chi connectivity index (χ2v) is 9.36. The van der Waals surface area contributed by atoms with E-state index in [9.17, 15) is 9.59 Å². The summed E-state index contributed by atoms with van der Waals surface area (Å²) >= 11 is 0. The van der Waals surface area contributed by atoms with Crippen LogP contribution in [0.25, 0.3) is 11.8 Å². The second kappa shape index (κ2) is 12.3. The van der Waals surface area contributed by atoms with Crippen molar-refractivity contribution < 1.29 is 19.2 Å². The van der Waals surface area contributed by atoms with Gasteiger partial charge in [-0.05, 0) is 62.2 Å². The lowest BCUT2D eigenvalue weighted by molar-refractivity contribution is -0.136. The Balaban J connectivity index is 1.45. The molecular weight excluding hydrogens is 464 g/mol. The van der Waals surface area contributed by atoms with Gasteiger partial charge in [0.25, 0.3) is 0 Å². The lowest BCUT2D eigenvalue weighted by atomic mass is 10.0. The summed E-state index contributed by atoms with van der Waals surface area (Å²) in [5, 5.41) is 4.00. The molecule has 6 nitrogen and oxygen atoms in total. The molecule has 3 aromatic rings. The van der Waals surface area contributed by atoms with E-state index in [0.29, 0.717) is 23.5 Å². The van der Waals surface area contributed by atoms with Crippen molar-refractivity contribution in [1.29, 1.82) is 0 Å². The lowest BCUT2D eigenvalue weighted by Crippen LogP contribution is -2.07. The number of esters is 1. The fourth-order valence-electron chi connectivity index (χ4n) is 4.58. The van der Waals surface area contributed by atoms with Crippen LogP contribution in [-0.2, 0) is 14.4 Å². The van der Waals surface area contributed by atoms with Crippen LogP contribution < -0.4 is 0 Å². The number of hydrogen-bond donors (Lipinski definition) is 0. The van der Waals surface area contributed by atoms with Gasteiger partial charge in [-0.25, -0.2) is 9.59 Å². The van der Waals surface area contributed by atoms with Gasteiger partial charge in [0.2, 0.25) is 0 Å². The Kier molecular flexibility index (Phi) is 8.72. The van der Waals surface area contributed by atoms with Crippen LogP contribution in [0.5, 0.6) is 0 Å². The first-order valence-corrected chi connectivity index (χ1v) is 13.0. The van der Waals surface area contributed by atoms with Crippen molar-refractivity contribution >= 4 is 23.7 Å². The third kappa shape index (κ3) is 6.26. The Morgan fingerprint density at radius 3 is 2.41 bits per heavy atom. The Hall–Kier alpha value is -3.93. The molecule has 0 aliphatic carbocycles. The average Bonchev–Trinajstić information content (AvgIpc) is 3.42. The highest BCUT2D eigenvalue weighted by Gasteiger charge is 2.27. The third-order valence-corrected chi connectivity index (χ3v) is 6.60. The molecule has 0 bridgehead atoms. The van der Waals surface area contributed by atoms with Crippen molar-refractivity contribution in [2.75, 3.05) is 6.61 Å². The van der Waals surface area contributed by atoms with Gasteiger partial charge in [-0.2, -0.15) is 0 Å². The zero-order valence-corrected chi connectivity index (χ0v) is 21.8. The molecule has 192 valence electrons. The quantitative estimate of drug-likeness (QED) is 0.124. The number of rotatable bonds is 11. The van der Waals surface area contributed by atoms with Crippen LogP contribution in [0.3, 0.4) is 0 Å². The van der Waals surface area contributed by atoms with Crippen molar-refractivity contribution in [3.05, 3.63) is 94.3 Å². The summed E-state index contributed by atoms with van der Waals surface area (Å²) in [5.41, 5.74) is 6.12. The van der Waals surface area contributed by atoms with Crippen molar-refractivity contribution in [2.24, 2.45) is 5.16 Å². The van der Waals surface area contributed by atoms with E-state index in [4.69, 9.17) is 9.57 Å². The number of ether oxygens (including phenoxy) is 1. The van der Waals surface area contributed by atoms with E-state index in [0.717, 1.165) is 41.0 Å². The predicted molar refractivity (Wildman–Crippen MR) is 146 cm³/mol. The highest BCUT2D eigenvalue weighted by Crippen LogP contribution is 2.26. The van der Waals surface area contributed by atoms with Gasteiger partial charge in [0, 0.05) is 22.6 Å².